The Kier molecular flexibility index (Phi) is 8.33. The summed E-state index contributed by atoms with van der Waals surface area (Å²) in [4.78, 5) is 37.3. The topological polar surface area (TPSA) is 138 Å². The van der Waals surface area contributed by atoms with Crippen LogP contribution in [0, 0.1) is 0 Å². The van der Waals surface area contributed by atoms with Gasteiger partial charge in [-0.3, -0.25) is 23.7 Å². The molecule has 0 saturated heterocycles. The number of esters is 1. The van der Waals surface area contributed by atoms with E-state index in [-0.39, 0.29) is 17.4 Å². The molecule has 2 aromatic rings. The molecule has 2 N–H and O–H groups in total. The summed E-state index contributed by atoms with van der Waals surface area (Å²) in [5.41, 5.74) is -1.42. The number of hydrogen-bond donors (Lipinski definition) is 2. The van der Waals surface area contributed by atoms with Crippen LogP contribution in [0.15, 0.2) is 56.7 Å². The van der Waals surface area contributed by atoms with Crippen LogP contribution in [0.3, 0.4) is 0 Å². The molecule has 4 atom stereocenters. The Hall–Kier alpha value is -2.21. The van der Waals surface area contributed by atoms with Gasteiger partial charge < -0.3 is 14.0 Å². The third-order valence-corrected chi connectivity index (χ3v) is 6.80. The van der Waals surface area contributed by atoms with Gasteiger partial charge in [-0.05, 0) is 37.3 Å². The van der Waals surface area contributed by atoms with E-state index in [1.807, 2.05) is 0 Å². The summed E-state index contributed by atoms with van der Waals surface area (Å²) in [6.07, 6.45) is 2.71. The Morgan fingerprint density at radius 3 is 2.70 bits per heavy atom. The minimum Gasteiger partial charge on any atom is -0.468 e. The van der Waals surface area contributed by atoms with Gasteiger partial charge in [0, 0.05) is 10.7 Å². The molecule has 3 rings (SSSR count). The molecule has 0 saturated carbocycles. The van der Waals surface area contributed by atoms with E-state index in [1.165, 1.54) is 14.0 Å². The van der Waals surface area contributed by atoms with Crippen molar-refractivity contribution in [3.8, 4) is 5.75 Å². The zero-order valence-electron chi connectivity index (χ0n) is 17.4. The molecular weight excluding hydrogens is 545 g/mol. The molecule has 178 valence electrons. The van der Waals surface area contributed by atoms with Crippen LogP contribution in [0.1, 0.15) is 13.2 Å². The van der Waals surface area contributed by atoms with E-state index >= 15 is 0 Å². The van der Waals surface area contributed by atoms with Crippen molar-refractivity contribution in [2.45, 2.75) is 25.3 Å². The SMILES string of the molecule is COC(=O)[C@H](C)NP(=O)(OC[C@@H]1C=C[C@H](n2cc(Cl)c(=O)[nH]c2=O)O1)Oc1ccc(Br)cc1. The lowest BCUT2D eigenvalue weighted by Gasteiger charge is -2.24. The van der Waals surface area contributed by atoms with Crippen molar-refractivity contribution in [1.82, 2.24) is 14.6 Å². The molecule has 1 aliphatic rings. The van der Waals surface area contributed by atoms with Crippen molar-refractivity contribution in [3.05, 3.63) is 72.9 Å². The molecule has 1 aromatic heterocycles. The number of carbonyl (C=O) groups excluding carboxylic acids is 1. The maximum absolute atomic E-state index is 13.4. The summed E-state index contributed by atoms with van der Waals surface area (Å²) < 4.78 is 36.7. The summed E-state index contributed by atoms with van der Waals surface area (Å²) >= 11 is 9.08. The van der Waals surface area contributed by atoms with Crippen LogP contribution in [-0.2, 0) is 23.4 Å². The summed E-state index contributed by atoms with van der Waals surface area (Å²) in [5, 5.41) is 2.35. The molecule has 0 amide bonds. The normalized spacial score (nSPS) is 20.2. The summed E-state index contributed by atoms with van der Waals surface area (Å²) in [6.45, 7) is 1.20. The lowest BCUT2D eigenvalue weighted by molar-refractivity contribution is -0.142. The Balaban J connectivity index is 1.71. The molecule has 0 fully saturated rings. The number of nitrogens with one attached hydrogen (secondary N) is 2. The third-order valence-electron chi connectivity index (χ3n) is 4.36. The maximum Gasteiger partial charge on any atom is 0.459 e. The van der Waals surface area contributed by atoms with Gasteiger partial charge in [-0.15, -0.1) is 0 Å². The lowest BCUT2D eigenvalue weighted by Crippen LogP contribution is -2.35. The van der Waals surface area contributed by atoms with Gasteiger partial charge in [-0.2, -0.15) is 5.09 Å². The molecule has 0 radical (unpaired) electrons. The number of methoxy groups -OCH3 is 1. The van der Waals surface area contributed by atoms with Crippen LogP contribution in [0.2, 0.25) is 5.02 Å². The van der Waals surface area contributed by atoms with Crippen LogP contribution in [0.5, 0.6) is 5.75 Å². The van der Waals surface area contributed by atoms with Crippen LogP contribution in [0.4, 0.5) is 0 Å². The van der Waals surface area contributed by atoms with E-state index in [0.717, 1.165) is 15.2 Å². The number of H-pyrrole nitrogens is 1. The number of nitrogens with zero attached hydrogens (tertiary/aromatic N) is 1. The number of rotatable bonds is 9. The Morgan fingerprint density at radius 2 is 2.03 bits per heavy atom. The first-order valence-corrected chi connectivity index (χ1v) is 12.2. The first kappa shape index (κ1) is 25.4. The predicted octanol–water partition coefficient (Wildman–Crippen LogP) is 2.76. The van der Waals surface area contributed by atoms with Gasteiger partial charge in [-0.25, -0.2) is 9.36 Å². The number of aromatic amines is 1. The Morgan fingerprint density at radius 1 is 1.33 bits per heavy atom. The molecule has 0 spiro atoms. The van der Waals surface area contributed by atoms with Gasteiger partial charge >= 0.3 is 19.4 Å². The molecule has 33 heavy (non-hydrogen) atoms. The Labute approximate surface area is 201 Å². The van der Waals surface area contributed by atoms with Gasteiger partial charge in [0.2, 0.25) is 0 Å². The number of ether oxygens (including phenoxy) is 2. The van der Waals surface area contributed by atoms with Crippen molar-refractivity contribution >= 4 is 41.2 Å². The van der Waals surface area contributed by atoms with Crippen molar-refractivity contribution in [1.29, 1.82) is 0 Å². The molecule has 2 heterocycles. The highest BCUT2D eigenvalue weighted by Gasteiger charge is 2.34. The van der Waals surface area contributed by atoms with Gasteiger partial charge in [0.25, 0.3) is 5.56 Å². The van der Waals surface area contributed by atoms with E-state index in [1.54, 1.807) is 36.4 Å². The summed E-state index contributed by atoms with van der Waals surface area (Å²) in [6, 6.07) is 5.51. The van der Waals surface area contributed by atoms with Gasteiger partial charge in [0.05, 0.1) is 13.7 Å². The number of aromatic nitrogens is 2. The van der Waals surface area contributed by atoms with Crippen molar-refractivity contribution in [3.63, 3.8) is 0 Å². The molecule has 1 unspecified atom stereocenters. The minimum absolute atomic E-state index is 0.181. The molecule has 0 bridgehead atoms. The van der Waals surface area contributed by atoms with Crippen LogP contribution in [0.25, 0.3) is 0 Å². The fourth-order valence-electron chi connectivity index (χ4n) is 2.75. The monoisotopic (exact) mass is 563 g/mol. The van der Waals surface area contributed by atoms with E-state index in [0.29, 0.717) is 0 Å². The lowest BCUT2D eigenvalue weighted by atomic mass is 10.3. The zero-order valence-corrected chi connectivity index (χ0v) is 20.6. The fraction of sp³-hybridized carbons (Fsp3) is 0.316. The molecule has 11 nitrogen and oxygen atoms in total. The molecule has 0 aliphatic carbocycles. The number of carbonyl (C=O) groups is 1. The second kappa shape index (κ2) is 10.8. The smallest absolute Gasteiger partial charge is 0.459 e. The number of halogens is 2. The first-order chi connectivity index (χ1) is 15.6. The largest absolute Gasteiger partial charge is 0.468 e. The quantitative estimate of drug-likeness (QED) is 0.267. The average molecular weight is 565 g/mol. The van der Waals surface area contributed by atoms with Crippen molar-refractivity contribution in [2.24, 2.45) is 0 Å². The minimum atomic E-state index is -4.06. The number of hydrogen-bond acceptors (Lipinski definition) is 8. The van der Waals surface area contributed by atoms with E-state index in [2.05, 4.69) is 30.7 Å². The van der Waals surface area contributed by atoms with E-state index < -0.39 is 43.3 Å². The second-order valence-electron chi connectivity index (χ2n) is 6.81. The van der Waals surface area contributed by atoms with Gasteiger partial charge in [0.1, 0.15) is 22.9 Å². The van der Waals surface area contributed by atoms with Crippen LogP contribution < -0.4 is 20.9 Å². The molecule has 14 heteroatoms. The predicted molar refractivity (Wildman–Crippen MR) is 122 cm³/mol. The first-order valence-electron chi connectivity index (χ1n) is 9.50. The molecule has 1 aliphatic heterocycles. The van der Waals surface area contributed by atoms with E-state index in [9.17, 15) is 18.9 Å². The third kappa shape index (κ3) is 6.66. The summed E-state index contributed by atoms with van der Waals surface area (Å²) in [5.74, 6) is -0.425. The maximum atomic E-state index is 13.4. The van der Waals surface area contributed by atoms with Crippen LogP contribution >= 0.6 is 35.3 Å². The van der Waals surface area contributed by atoms with Gasteiger partial charge in [-0.1, -0.05) is 33.6 Å². The fourth-order valence-corrected chi connectivity index (χ4v) is 4.67. The van der Waals surface area contributed by atoms with Gasteiger partial charge in [0.15, 0.2) is 6.23 Å². The van der Waals surface area contributed by atoms with Crippen LogP contribution in [-0.4, -0.2) is 41.4 Å². The zero-order chi connectivity index (χ0) is 24.2. The van der Waals surface area contributed by atoms with E-state index in [4.69, 9.17) is 25.4 Å². The van der Waals surface area contributed by atoms with Crippen molar-refractivity contribution < 1.29 is 27.9 Å². The highest BCUT2D eigenvalue weighted by atomic mass is 79.9. The average Bonchev–Trinajstić information content (AvgIpc) is 3.25. The molecule has 1 aromatic carbocycles. The Bertz CT molecular complexity index is 1200. The molecular formula is C19H20BrClN3O8P. The van der Waals surface area contributed by atoms with Crippen molar-refractivity contribution in [2.75, 3.05) is 13.7 Å². The number of benzene rings is 1. The highest BCUT2D eigenvalue weighted by molar-refractivity contribution is 9.10. The highest BCUT2D eigenvalue weighted by Crippen LogP contribution is 2.45. The summed E-state index contributed by atoms with van der Waals surface area (Å²) in [7, 11) is -2.87. The standard InChI is InChI=1S/C19H20BrClN3O8P/c1-11(18(26)29-2)23-33(28,32-13-5-3-12(20)4-6-13)30-10-14-7-8-16(31-14)24-9-15(21)17(25)22-19(24)27/h3-9,11,14,16H,10H2,1-2H3,(H,23,28)(H,22,25,27)/t11-,14-,16+,33?/m0/s1. The second-order valence-corrected chi connectivity index (χ2v) is 9.82.